The molecule has 0 aliphatic heterocycles. The summed E-state index contributed by atoms with van der Waals surface area (Å²) in [7, 11) is 0. The van der Waals surface area contributed by atoms with Gasteiger partial charge in [0.1, 0.15) is 5.69 Å². The van der Waals surface area contributed by atoms with E-state index in [2.05, 4.69) is 15.3 Å². The molecule has 0 saturated heterocycles. The van der Waals surface area contributed by atoms with E-state index >= 15 is 0 Å². The molecule has 3 rings (SSSR count). The maximum Gasteiger partial charge on any atom is 0.229 e. The number of rotatable bonds is 5. The fourth-order valence-electron chi connectivity index (χ4n) is 2.54. The molecule has 27 heavy (non-hydrogen) atoms. The molecule has 7 heteroatoms. The standard InChI is InChI=1S/C20H17FN4O2/c1-11(26)13-5-3-7-15(9-13)18-17(21)19(22)25-20(24-18)23-16-8-4-6-14(10-16)12(2)27/h3-10H,1-2H3,(H3,22,23,24,25). The van der Waals surface area contributed by atoms with Gasteiger partial charge in [-0.3, -0.25) is 9.59 Å². The van der Waals surface area contributed by atoms with Gasteiger partial charge in [0.2, 0.25) is 5.95 Å². The third-order valence-corrected chi connectivity index (χ3v) is 3.94. The molecular weight excluding hydrogens is 347 g/mol. The van der Waals surface area contributed by atoms with Gasteiger partial charge in [-0.15, -0.1) is 0 Å². The largest absolute Gasteiger partial charge is 0.381 e. The second-order valence-electron chi connectivity index (χ2n) is 5.99. The smallest absolute Gasteiger partial charge is 0.229 e. The van der Waals surface area contributed by atoms with Crippen LogP contribution in [0.5, 0.6) is 0 Å². The molecular formula is C20H17FN4O2. The van der Waals surface area contributed by atoms with E-state index in [0.717, 1.165) is 0 Å². The monoisotopic (exact) mass is 364 g/mol. The van der Waals surface area contributed by atoms with E-state index in [9.17, 15) is 14.0 Å². The summed E-state index contributed by atoms with van der Waals surface area (Å²) in [5, 5.41) is 2.93. The zero-order valence-corrected chi connectivity index (χ0v) is 14.8. The number of halogens is 1. The summed E-state index contributed by atoms with van der Waals surface area (Å²) in [6, 6.07) is 13.2. The molecule has 0 amide bonds. The first kappa shape index (κ1) is 18.2. The van der Waals surface area contributed by atoms with Crippen molar-refractivity contribution in [1.82, 2.24) is 9.97 Å². The summed E-state index contributed by atoms with van der Waals surface area (Å²) >= 11 is 0. The Balaban J connectivity index is 2.02. The number of nitrogen functional groups attached to an aromatic ring is 1. The van der Waals surface area contributed by atoms with E-state index in [0.29, 0.717) is 22.4 Å². The van der Waals surface area contributed by atoms with Crippen molar-refractivity contribution in [3.8, 4) is 11.3 Å². The van der Waals surface area contributed by atoms with E-state index in [4.69, 9.17) is 5.73 Å². The average Bonchev–Trinajstić information content (AvgIpc) is 2.64. The second kappa shape index (κ2) is 7.33. The van der Waals surface area contributed by atoms with Crippen molar-refractivity contribution in [2.75, 3.05) is 11.1 Å². The number of carbonyl (C=O) groups excluding carboxylic acids is 2. The lowest BCUT2D eigenvalue weighted by Gasteiger charge is -2.11. The zero-order valence-electron chi connectivity index (χ0n) is 14.8. The Morgan fingerprint density at radius 1 is 0.963 bits per heavy atom. The molecule has 0 unspecified atom stereocenters. The predicted molar refractivity (Wildman–Crippen MR) is 102 cm³/mol. The highest BCUT2D eigenvalue weighted by molar-refractivity contribution is 5.95. The van der Waals surface area contributed by atoms with E-state index in [1.807, 2.05) is 0 Å². The quantitative estimate of drug-likeness (QED) is 0.664. The minimum Gasteiger partial charge on any atom is -0.381 e. The number of Topliss-reactive ketones (excluding diaryl/α,β-unsaturated/α-hetero) is 2. The second-order valence-corrected chi connectivity index (χ2v) is 5.99. The number of carbonyl (C=O) groups is 2. The molecule has 136 valence electrons. The first-order valence-corrected chi connectivity index (χ1v) is 8.17. The molecule has 3 aromatic rings. The highest BCUT2D eigenvalue weighted by Gasteiger charge is 2.15. The van der Waals surface area contributed by atoms with Crippen LogP contribution in [0.25, 0.3) is 11.3 Å². The fourth-order valence-corrected chi connectivity index (χ4v) is 2.54. The lowest BCUT2D eigenvalue weighted by Crippen LogP contribution is -2.06. The Bertz CT molecular complexity index is 1050. The number of nitrogens with two attached hydrogens (primary N) is 1. The number of ketones is 2. The van der Waals surface area contributed by atoms with Crippen LogP contribution in [0.2, 0.25) is 0 Å². The van der Waals surface area contributed by atoms with E-state index in [1.165, 1.54) is 13.8 Å². The van der Waals surface area contributed by atoms with Gasteiger partial charge < -0.3 is 11.1 Å². The Kier molecular flexibility index (Phi) is 4.94. The highest BCUT2D eigenvalue weighted by atomic mass is 19.1. The number of nitrogens with zero attached hydrogens (tertiary/aromatic N) is 2. The Labute approximate surface area is 155 Å². The molecule has 0 radical (unpaired) electrons. The molecule has 0 aliphatic rings. The van der Waals surface area contributed by atoms with Crippen LogP contribution in [0, 0.1) is 5.82 Å². The van der Waals surface area contributed by atoms with Crippen molar-refractivity contribution in [1.29, 1.82) is 0 Å². The first-order valence-electron chi connectivity index (χ1n) is 8.17. The molecule has 6 nitrogen and oxygen atoms in total. The number of hydrogen-bond acceptors (Lipinski definition) is 6. The highest BCUT2D eigenvalue weighted by Crippen LogP contribution is 2.27. The Hall–Kier alpha value is -3.61. The average molecular weight is 364 g/mol. The molecule has 0 aliphatic carbocycles. The molecule has 1 heterocycles. The van der Waals surface area contributed by atoms with Crippen molar-refractivity contribution in [3.05, 3.63) is 65.5 Å². The van der Waals surface area contributed by atoms with Gasteiger partial charge in [0, 0.05) is 22.4 Å². The van der Waals surface area contributed by atoms with Crippen molar-refractivity contribution < 1.29 is 14.0 Å². The summed E-state index contributed by atoms with van der Waals surface area (Å²) in [6.07, 6.45) is 0. The number of anilines is 3. The van der Waals surface area contributed by atoms with Gasteiger partial charge in [-0.1, -0.05) is 30.3 Å². The molecule has 2 aromatic carbocycles. The molecule has 0 saturated carbocycles. The van der Waals surface area contributed by atoms with Gasteiger partial charge in [0.05, 0.1) is 0 Å². The number of benzene rings is 2. The lowest BCUT2D eigenvalue weighted by atomic mass is 10.1. The van der Waals surface area contributed by atoms with Gasteiger partial charge in [-0.05, 0) is 32.0 Å². The molecule has 3 N–H and O–H groups in total. The summed E-state index contributed by atoms with van der Waals surface area (Å²) < 4.78 is 14.5. The predicted octanol–water partition coefficient (Wildman–Crippen LogP) is 4.01. The summed E-state index contributed by atoms with van der Waals surface area (Å²) in [5.41, 5.74) is 7.62. The Morgan fingerprint density at radius 2 is 1.59 bits per heavy atom. The van der Waals surface area contributed by atoms with Crippen molar-refractivity contribution in [2.45, 2.75) is 13.8 Å². The maximum absolute atomic E-state index is 14.5. The zero-order chi connectivity index (χ0) is 19.6. The minimum atomic E-state index is -0.765. The van der Waals surface area contributed by atoms with Crippen LogP contribution in [-0.4, -0.2) is 21.5 Å². The Morgan fingerprint density at radius 3 is 2.26 bits per heavy atom. The van der Waals surface area contributed by atoms with E-state index < -0.39 is 5.82 Å². The molecule has 0 atom stereocenters. The first-order chi connectivity index (χ1) is 12.8. The van der Waals surface area contributed by atoms with Gasteiger partial charge in [0.25, 0.3) is 0 Å². The van der Waals surface area contributed by atoms with Crippen molar-refractivity contribution in [3.63, 3.8) is 0 Å². The third-order valence-electron chi connectivity index (χ3n) is 3.94. The number of nitrogens with one attached hydrogen (secondary N) is 1. The SMILES string of the molecule is CC(=O)c1cccc(Nc2nc(N)c(F)c(-c3cccc(C(C)=O)c3)n2)c1. The number of aromatic nitrogens is 2. The fraction of sp³-hybridized carbons (Fsp3) is 0.100. The van der Waals surface area contributed by atoms with Crippen LogP contribution in [0.3, 0.4) is 0 Å². The van der Waals surface area contributed by atoms with Crippen LogP contribution in [0.15, 0.2) is 48.5 Å². The van der Waals surface area contributed by atoms with Gasteiger partial charge >= 0.3 is 0 Å². The van der Waals surface area contributed by atoms with E-state index in [-0.39, 0.29) is 29.0 Å². The minimum absolute atomic E-state index is 0.0178. The summed E-state index contributed by atoms with van der Waals surface area (Å²) in [4.78, 5) is 31.2. The number of hydrogen-bond donors (Lipinski definition) is 2. The van der Waals surface area contributed by atoms with Crippen molar-refractivity contribution in [2.24, 2.45) is 0 Å². The van der Waals surface area contributed by atoms with E-state index in [1.54, 1.807) is 48.5 Å². The van der Waals surface area contributed by atoms with Crippen LogP contribution < -0.4 is 11.1 Å². The molecule has 0 spiro atoms. The van der Waals surface area contributed by atoms with Crippen LogP contribution in [-0.2, 0) is 0 Å². The lowest BCUT2D eigenvalue weighted by molar-refractivity contribution is 0.100. The molecule has 1 aromatic heterocycles. The third kappa shape index (κ3) is 3.98. The normalized spacial score (nSPS) is 10.5. The van der Waals surface area contributed by atoms with Gasteiger partial charge in [-0.2, -0.15) is 4.98 Å². The topological polar surface area (TPSA) is 98.0 Å². The van der Waals surface area contributed by atoms with Crippen LogP contribution in [0.4, 0.5) is 21.8 Å². The van der Waals surface area contributed by atoms with Gasteiger partial charge in [-0.25, -0.2) is 9.37 Å². The van der Waals surface area contributed by atoms with Crippen LogP contribution in [0.1, 0.15) is 34.6 Å². The summed E-state index contributed by atoms with van der Waals surface area (Å²) in [6.45, 7) is 2.89. The van der Waals surface area contributed by atoms with Crippen LogP contribution >= 0.6 is 0 Å². The molecule has 0 fully saturated rings. The molecule has 0 bridgehead atoms. The maximum atomic E-state index is 14.5. The summed E-state index contributed by atoms with van der Waals surface area (Å²) in [5.74, 6) is -1.23. The van der Waals surface area contributed by atoms with Crippen molar-refractivity contribution >= 4 is 29.0 Å². The van der Waals surface area contributed by atoms with Gasteiger partial charge in [0.15, 0.2) is 23.2 Å².